The number of amides is 1. The molecule has 0 saturated heterocycles. The van der Waals surface area contributed by atoms with Crippen molar-refractivity contribution < 1.29 is 18.3 Å². The molecule has 0 aliphatic heterocycles. The summed E-state index contributed by atoms with van der Waals surface area (Å²) < 4.78 is 32.5. The molecule has 1 aromatic heterocycles. The number of nitrogens with one attached hydrogen (secondary N) is 1. The second kappa shape index (κ2) is 6.70. The molecular formula is C16H12F2N2O2S. The normalized spacial score (nSPS) is 10.7. The molecule has 0 spiro atoms. The first kappa shape index (κ1) is 15.4. The first-order chi connectivity index (χ1) is 11.1. The molecule has 0 radical (unpaired) electrons. The Labute approximate surface area is 134 Å². The summed E-state index contributed by atoms with van der Waals surface area (Å²) >= 11 is 1.02. The topological polar surface area (TPSA) is 51.2 Å². The lowest BCUT2D eigenvalue weighted by Gasteiger charge is -2.05. The molecule has 0 fully saturated rings. The summed E-state index contributed by atoms with van der Waals surface area (Å²) in [7, 11) is 0. The van der Waals surface area contributed by atoms with Crippen LogP contribution in [0.25, 0.3) is 10.2 Å². The van der Waals surface area contributed by atoms with Crippen molar-refractivity contribution >= 4 is 32.6 Å². The van der Waals surface area contributed by atoms with Gasteiger partial charge in [0, 0.05) is 6.07 Å². The Balaban J connectivity index is 1.58. The Morgan fingerprint density at radius 2 is 2.00 bits per heavy atom. The second-order valence-electron chi connectivity index (χ2n) is 4.71. The van der Waals surface area contributed by atoms with Crippen LogP contribution in [-0.2, 0) is 4.79 Å². The van der Waals surface area contributed by atoms with Crippen LogP contribution in [0.5, 0.6) is 5.75 Å². The van der Waals surface area contributed by atoms with Gasteiger partial charge in [0.1, 0.15) is 17.1 Å². The first-order valence-corrected chi connectivity index (χ1v) is 7.67. The molecule has 1 amide bonds. The Bertz CT molecular complexity index is 837. The number of carbonyl (C=O) groups is 1. The minimum atomic E-state index is -0.746. The van der Waals surface area contributed by atoms with Gasteiger partial charge in [0.25, 0.3) is 0 Å². The van der Waals surface area contributed by atoms with Crippen LogP contribution in [0.4, 0.5) is 13.9 Å². The largest absolute Gasteiger partial charge is 0.493 e. The number of para-hydroxylation sites is 1. The predicted octanol–water partition coefficient (Wildman–Crippen LogP) is 3.98. The van der Waals surface area contributed by atoms with Crippen LogP contribution in [0, 0.1) is 11.6 Å². The molecule has 7 heteroatoms. The molecule has 3 rings (SSSR count). The molecular weight excluding hydrogens is 322 g/mol. The molecule has 0 unspecified atom stereocenters. The molecule has 0 atom stereocenters. The van der Waals surface area contributed by atoms with Gasteiger partial charge in [-0.15, -0.1) is 0 Å². The highest BCUT2D eigenvalue weighted by atomic mass is 32.1. The monoisotopic (exact) mass is 334 g/mol. The van der Waals surface area contributed by atoms with Crippen molar-refractivity contribution in [2.75, 3.05) is 11.9 Å². The maximum absolute atomic E-state index is 13.6. The van der Waals surface area contributed by atoms with E-state index in [1.54, 1.807) is 12.1 Å². The number of hydrogen-bond donors (Lipinski definition) is 1. The molecule has 0 aliphatic carbocycles. The third-order valence-electron chi connectivity index (χ3n) is 3.00. The number of carbonyl (C=O) groups excluding carboxylic acids is 1. The van der Waals surface area contributed by atoms with Gasteiger partial charge < -0.3 is 10.1 Å². The zero-order valence-electron chi connectivity index (χ0n) is 11.9. The quantitative estimate of drug-likeness (QED) is 0.768. The average Bonchev–Trinajstić information content (AvgIpc) is 2.91. The third-order valence-corrected chi connectivity index (χ3v) is 3.92. The number of rotatable bonds is 5. The van der Waals surface area contributed by atoms with E-state index < -0.39 is 11.6 Å². The Morgan fingerprint density at radius 1 is 1.22 bits per heavy atom. The average molecular weight is 334 g/mol. The van der Waals surface area contributed by atoms with Crippen molar-refractivity contribution in [3.63, 3.8) is 0 Å². The van der Waals surface area contributed by atoms with E-state index in [4.69, 9.17) is 4.74 Å². The summed E-state index contributed by atoms with van der Waals surface area (Å²) in [5, 5.41) is 2.79. The standard InChI is InChI=1S/C16H12F2N2O2S/c17-10-8-12(18)15-13(9-10)23-16(20-15)19-14(21)6-7-22-11-4-2-1-3-5-11/h1-5,8-9H,6-7H2,(H,19,20,21). The highest BCUT2D eigenvalue weighted by molar-refractivity contribution is 7.22. The van der Waals surface area contributed by atoms with E-state index in [0.717, 1.165) is 17.4 Å². The van der Waals surface area contributed by atoms with Crippen molar-refractivity contribution in [1.29, 1.82) is 0 Å². The summed E-state index contributed by atoms with van der Waals surface area (Å²) in [6.45, 7) is 0.212. The van der Waals surface area contributed by atoms with Gasteiger partial charge in [0.15, 0.2) is 10.9 Å². The molecule has 3 aromatic rings. The number of nitrogens with zero attached hydrogens (tertiary/aromatic N) is 1. The fourth-order valence-corrected chi connectivity index (χ4v) is 2.89. The van der Waals surface area contributed by atoms with Crippen molar-refractivity contribution in [2.24, 2.45) is 0 Å². The highest BCUT2D eigenvalue weighted by Gasteiger charge is 2.12. The van der Waals surface area contributed by atoms with Gasteiger partial charge >= 0.3 is 0 Å². The minimum absolute atomic E-state index is 0.0484. The van der Waals surface area contributed by atoms with Crippen molar-refractivity contribution in [2.45, 2.75) is 6.42 Å². The number of hydrogen-bond acceptors (Lipinski definition) is 4. The summed E-state index contributed by atoms with van der Waals surface area (Å²) in [6.07, 6.45) is 0.127. The number of fused-ring (bicyclic) bond motifs is 1. The lowest BCUT2D eigenvalue weighted by molar-refractivity contribution is -0.116. The van der Waals surface area contributed by atoms with Gasteiger partial charge in [0.05, 0.1) is 17.7 Å². The number of ether oxygens (including phenoxy) is 1. The zero-order chi connectivity index (χ0) is 16.2. The van der Waals surface area contributed by atoms with Gasteiger partial charge in [0.2, 0.25) is 5.91 Å². The maximum atomic E-state index is 13.6. The van der Waals surface area contributed by atoms with Crippen molar-refractivity contribution in [1.82, 2.24) is 4.98 Å². The fraction of sp³-hybridized carbons (Fsp3) is 0.125. The van der Waals surface area contributed by atoms with Gasteiger partial charge in [-0.1, -0.05) is 29.5 Å². The van der Waals surface area contributed by atoms with Crippen molar-refractivity contribution in [3.05, 3.63) is 54.1 Å². The van der Waals surface area contributed by atoms with Crippen LogP contribution in [-0.4, -0.2) is 17.5 Å². The Hall–Kier alpha value is -2.54. The van der Waals surface area contributed by atoms with E-state index in [2.05, 4.69) is 10.3 Å². The number of benzene rings is 2. The van der Waals surface area contributed by atoms with E-state index in [-0.39, 0.29) is 29.6 Å². The number of thiazole rings is 1. The van der Waals surface area contributed by atoms with E-state index in [9.17, 15) is 13.6 Å². The molecule has 0 bridgehead atoms. The van der Waals surface area contributed by atoms with Gasteiger partial charge in [-0.3, -0.25) is 4.79 Å². The number of anilines is 1. The highest BCUT2D eigenvalue weighted by Crippen LogP contribution is 2.28. The van der Waals surface area contributed by atoms with Crippen LogP contribution in [0.2, 0.25) is 0 Å². The fourth-order valence-electron chi connectivity index (χ4n) is 1.97. The summed E-state index contributed by atoms with van der Waals surface area (Å²) in [5.41, 5.74) is 0.0484. The molecule has 0 aliphatic rings. The zero-order valence-corrected chi connectivity index (χ0v) is 12.7. The van der Waals surface area contributed by atoms with Gasteiger partial charge in [-0.2, -0.15) is 0 Å². The number of aromatic nitrogens is 1. The third kappa shape index (κ3) is 3.81. The molecule has 23 heavy (non-hydrogen) atoms. The van der Waals surface area contributed by atoms with Crippen LogP contribution in [0.3, 0.4) is 0 Å². The molecule has 4 nitrogen and oxygen atoms in total. The lowest BCUT2D eigenvalue weighted by Crippen LogP contribution is -2.15. The SMILES string of the molecule is O=C(CCOc1ccccc1)Nc1nc2c(F)cc(F)cc2s1. The van der Waals surface area contributed by atoms with Crippen LogP contribution in [0.15, 0.2) is 42.5 Å². The maximum Gasteiger partial charge on any atom is 0.229 e. The second-order valence-corrected chi connectivity index (χ2v) is 5.74. The molecule has 1 heterocycles. The first-order valence-electron chi connectivity index (χ1n) is 6.85. The molecule has 118 valence electrons. The van der Waals surface area contributed by atoms with Gasteiger partial charge in [-0.05, 0) is 18.2 Å². The molecule has 1 N–H and O–H groups in total. The van der Waals surface area contributed by atoms with E-state index in [1.165, 1.54) is 6.07 Å². The smallest absolute Gasteiger partial charge is 0.229 e. The van der Waals surface area contributed by atoms with Crippen LogP contribution < -0.4 is 10.1 Å². The van der Waals surface area contributed by atoms with E-state index in [1.807, 2.05) is 18.2 Å². The summed E-state index contributed by atoms with van der Waals surface area (Å²) in [6, 6.07) is 11.1. The van der Waals surface area contributed by atoms with Crippen LogP contribution >= 0.6 is 11.3 Å². The lowest BCUT2D eigenvalue weighted by atomic mass is 10.3. The number of halogens is 2. The summed E-state index contributed by atoms with van der Waals surface area (Å²) in [4.78, 5) is 15.8. The molecule has 2 aromatic carbocycles. The van der Waals surface area contributed by atoms with Crippen molar-refractivity contribution in [3.8, 4) is 5.75 Å². The van der Waals surface area contributed by atoms with E-state index >= 15 is 0 Å². The minimum Gasteiger partial charge on any atom is -0.493 e. The van der Waals surface area contributed by atoms with E-state index in [0.29, 0.717) is 10.4 Å². The predicted molar refractivity (Wildman–Crippen MR) is 84.7 cm³/mol. The summed E-state index contributed by atoms with van der Waals surface area (Å²) in [5.74, 6) is -1.05. The van der Waals surface area contributed by atoms with Gasteiger partial charge in [-0.25, -0.2) is 13.8 Å². The Morgan fingerprint density at radius 3 is 2.78 bits per heavy atom. The Kier molecular flexibility index (Phi) is 4.47. The van der Waals surface area contributed by atoms with Crippen LogP contribution in [0.1, 0.15) is 6.42 Å². The molecule has 0 saturated carbocycles.